The first kappa shape index (κ1) is 13.6. The van der Waals surface area contributed by atoms with E-state index in [0.29, 0.717) is 0 Å². The van der Waals surface area contributed by atoms with Crippen LogP contribution in [-0.2, 0) is 0 Å². The summed E-state index contributed by atoms with van der Waals surface area (Å²) in [6.07, 6.45) is 4.93. The Hall–Kier alpha value is -1.40. The van der Waals surface area contributed by atoms with Crippen molar-refractivity contribution in [2.45, 2.75) is 51.2 Å². The second kappa shape index (κ2) is 5.54. The summed E-state index contributed by atoms with van der Waals surface area (Å²) < 4.78 is 0. The molecule has 0 bridgehead atoms. The molecule has 0 saturated heterocycles. The Morgan fingerprint density at radius 3 is 2.95 bits per heavy atom. The van der Waals surface area contributed by atoms with Crippen LogP contribution in [0.25, 0.3) is 10.2 Å². The number of fused-ring (bicyclic) bond motifs is 1. The lowest BCUT2D eigenvalue weighted by molar-refractivity contribution is 0.144. The Morgan fingerprint density at radius 1 is 1.30 bits per heavy atom. The number of hydrogen-bond donors (Lipinski definition) is 3. The summed E-state index contributed by atoms with van der Waals surface area (Å²) in [5.41, 5.74) is 5.79. The smallest absolute Gasteiger partial charge is 0.223 e. The average molecular weight is 292 g/mol. The van der Waals surface area contributed by atoms with Crippen LogP contribution in [0.5, 0.6) is 0 Å². The Kier molecular flexibility index (Phi) is 3.76. The zero-order valence-electron chi connectivity index (χ0n) is 11.6. The van der Waals surface area contributed by atoms with E-state index in [2.05, 4.69) is 21.4 Å². The predicted molar refractivity (Wildman–Crippen MR) is 83.1 cm³/mol. The number of nitrogens with one attached hydrogen (secondary N) is 1. The molecule has 20 heavy (non-hydrogen) atoms. The number of aliphatic hydroxyl groups excluding tert-OH is 1. The summed E-state index contributed by atoms with van der Waals surface area (Å²) in [4.78, 5) is 10.7. The van der Waals surface area contributed by atoms with Gasteiger partial charge in [0.1, 0.15) is 10.6 Å². The third-order valence-electron chi connectivity index (χ3n) is 3.83. The number of nitrogens with zero attached hydrogens (tertiary/aromatic N) is 2. The molecule has 2 aromatic rings. The van der Waals surface area contributed by atoms with E-state index in [1.54, 1.807) is 11.3 Å². The van der Waals surface area contributed by atoms with Gasteiger partial charge in [-0.1, -0.05) is 19.3 Å². The summed E-state index contributed by atoms with van der Waals surface area (Å²) in [5.74, 6) is 1.03. The number of anilines is 2. The monoisotopic (exact) mass is 292 g/mol. The molecular weight excluding hydrogens is 272 g/mol. The van der Waals surface area contributed by atoms with Crippen molar-refractivity contribution in [1.82, 2.24) is 9.97 Å². The molecule has 4 N–H and O–H groups in total. The van der Waals surface area contributed by atoms with Gasteiger partial charge in [-0.15, -0.1) is 11.3 Å². The lowest BCUT2D eigenvalue weighted by Gasteiger charge is -2.22. The first-order valence-electron chi connectivity index (χ1n) is 7.12. The number of aromatic nitrogens is 2. The molecule has 108 valence electrons. The topological polar surface area (TPSA) is 84.1 Å². The van der Waals surface area contributed by atoms with Crippen LogP contribution >= 0.6 is 11.3 Å². The van der Waals surface area contributed by atoms with E-state index in [1.807, 2.05) is 6.92 Å². The number of rotatable bonds is 2. The van der Waals surface area contributed by atoms with Crippen molar-refractivity contribution < 1.29 is 5.11 Å². The number of hydrogen-bond acceptors (Lipinski definition) is 6. The molecule has 0 aromatic carbocycles. The Morgan fingerprint density at radius 2 is 2.10 bits per heavy atom. The highest BCUT2D eigenvalue weighted by Crippen LogP contribution is 2.30. The van der Waals surface area contributed by atoms with E-state index in [1.165, 1.54) is 11.3 Å². The summed E-state index contributed by atoms with van der Waals surface area (Å²) >= 11 is 1.61. The van der Waals surface area contributed by atoms with E-state index in [4.69, 9.17) is 5.73 Å². The molecule has 2 aromatic heterocycles. The molecule has 3 rings (SSSR count). The standard InChI is InChI=1S/C14H20N4OS/c1-8-7-9-12(17-14(15)18-13(9)20-8)16-10-5-3-2-4-6-11(10)19/h7,10-11,19H,2-6H2,1H3,(H3,15,16,17,18). The van der Waals surface area contributed by atoms with Gasteiger partial charge >= 0.3 is 0 Å². The minimum atomic E-state index is -0.316. The van der Waals surface area contributed by atoms with Crippen molar-refractivity contribution in [1.29, 1.82) is 0 Å². The van der Waals surface area contributed by atoms with Crippen LogP contribution in [-0.4, -0.2) is 27.2 Å². The molecule has 2 heterocycles. The van der Waals surface area contributed by atoms with Crippen molar-refractivity contribution in [2.24, 2.45) is 0 Å². The predicted octanol–water partition coefficient (Wildman–Crippen LogP) is 2.69. The van der Waals surface area contributed by atoms with Crippen LogP contribution in [0.15, 0.2) is 6.07 Å². The van der Waals surface area contributed by atoms with E-state index in [0.717, 1.165) is 41.7 Å². The largest absolute Gasteiger partial charge is 0.391 e. The van der Waals surface area contributed by atoms with Gasteiger partial charge in [0.25, 0.3) is 0 Å². The Labute approximate surface area is 122 Å². The highest BCUT2D eigenvalue weighted by molar-refractivity contribution is 7.18. The van der Waals surface area contributed by atoms with E-state index < -0.39 is 0 Å². The average Bonchev–Trinajstić information content (AvgIpc) is 2.64. The molecule has 0 spiro atoms. The quantitative estimate of drug-likeness (QED) is 0.741. The van der Waals surface area contributed by atoms with Crippen molar-refractivity contribution in [3.8, 4) is 0 Å². The van der Waals surface area contributed by atoms with Gasteiger partial charge in [0.2, 0.25) is 5.95 Å². The number of aliphatic hydroxyl groups is 1. The van der Waals surface area contributed by atoms with Crippen LogP contribution in [0.2, 0.25) is 0 Å². The van der Waals surface area contributed by atoms with Gasteiger partial charge in [-0.2, -0.15) is 4.98 Å². The minimum Gasteiger partial charge on any atom is -0.391 e. The second-order valence-electron chi connectivity index (χ2n) is 5.46. The number of aryl methyl sites for hydroxylation is 1. The van der Waals surface area contributed by atoms with E-state index in [-0.39, 0.29) is 18.1 Å². The third kappa shape index (κ3) is 2.71. The first-order valence-corrected chi connectivity index (χ1v) is 7.93. The molecule has 6 heteroatoms. The van der Waals surface area contributed by atoms with Crippen LogP contribution in [0.1, 0.15) is 37.0 Å². The summed E-state index contributed by atoms with van der Waals surface area (Å²) in [6.45, 7) is 2.05. The van der Waals surface area contributed by atoms with Crippen LogP contribution in [0.4, 0.5) is 11.8 Å². The maximum Gasteiger partial charge on any atom is 0.223 e. The zero-order chi connectivity index (χ0) is 14.1. The van der Waals surface area contributed by atoms with Gasteiger partial charge in [-0.25, -0.2) is 4.98 Å². The fourth-order valence-corrected chi connectivity index (χ4v) is 3.69. The van der Waals surface area contributed by atoms with Crippen LogP contribution < -0.4 is 11.1 Å². The summed E-state index contributed by atoms with van der Waals surface area (Å²) in [7, 11) is 0. The molecular formula is C14H20N4OS. The Balaban J connectivity index is 1.92. The molecule has 0 aliphatic heterocycles. The molecule has 1 aliphatic rings. The lowest BCUT2D eigenvalue weighted by Crippen LogP contribution is -2.32. The molecule has 1 fully saturated rings. The molecule has 2 atom stereocenters. The van der Waals surface area contributed by atoms with Crippen molar-refractivity contribution in [2.75, 3.05) is 11.1 Å². The summed E-state index contributed by atoms with van der Waals surface area (Å²) in [5, 5.41) is 14.6. The third-order valence-corrected chi connectivity index (χ3v) is 4.78. The van der Waals surface area contributed by atoms with Crippen molar-refractivity contribution in [3.05, 3.63) is 10.9 Å². The van der Waals surface area contributed by atoms with Gasteiger partial charge in [-0.05, 0) is 25.8 Å². The molecule has 1 aliphatic carbocycles. The van der Waals surface area contributed by atoms with Gasteiger partial charge in [-0.3, -0.25) is 0 Å². The molecule has 5 nitrogen and oxygen atoms in total. The van der Waals surface area contributed by atoms with Gasteiger partial charge in [0.05, 0.1) is 17.5 Å². The number of nitrogen functional groups attached to an aromatic ring is 1. The molecule has 1 saturated carbocycles. The number of thiophene rings is 1. The molecule has 0 radical (unpaired) electrons. The maximum absolute atomic E-state index is 10.2. The maximum atomic E-state index is 10.2. The van der Waals surface area contributed by atoms with Crippen LogP contribution in [0.3, 0.4) is 0 Å². The van der Waals surface area contributed by atoms with Gasteiger partial charge < -0.3 is 16.2 Å². The molecule has 0 amide bonds. The van der Waals surface area contributed by atoms with E-state index >= 15 is 0 Å². The summed E-state index contributed by atoms with van der Waals surface area (Å²) in [6, 6.07) is 2.13. The SMILES string of the molecule is Cc1cc2c(NC3CCCCCC3O)nc(N)nc2s1. The fourth-order valence-electron chi connectivity index (χ4n) is 2.80. The zero-order valence-corrected chi connectivity index (χ0v) is 12.4. The first-order chi connectivity index (χ1) is 9.63. The van der Waals surface area contributed by atoms with Crippen LogP contribution in [0, 0.1) is 6.92 Å². The normalized spacial score (nSPS) is 23.7. The molecule has 2 unspecified atom stereocenters. The Bertz CT molecular complexity index is 612. The van der Waals surface area contributed by atoms with Gasteiger partial charge in [0, 0.05) is 4.88 Å². The lowest BCUT2D eigenvalue weighted by atomic mass is 10.1. The number of nitrogens with two attached hydrogens (primary N) is 1. The highest BCUT2D eigenvalue weighted by atomic mass is 32.1. The highest BCUT2D eigenvalue weighted by Gasteiger charge is 2.23. The van der Waals surface area contributed by atoms with E-state index in [9.17, 15) is 5.11 Å². The van der Waals surface area contributed by atoms with Crippen molar-refractivity contribution >= 4 is 33.3 Å². The van der Waals surface area contributed by atoms with Crippen molar-refractivity contribution in [3.63, 3.8) is 0 Å². The van der Waals surface area contributed by atoms with Gasteiger partial charge in [0.15, 0.2) is 0 Å². The minimum absolute atomic E-state index is 0.0511. The fraction of sp³-hybridized carbons (Fsp3) is 0.571. The second-order valence-corrected chi connectivity index (χ2v) is 6.70.